The van der Waals surface area contributed by atoms with Gasteiger partial charge in [-0.25, -0.2) is 9.36 Å². The third kappa shape index (κ3) is 5.08. The fraction of sp³-hybridized carbons (Fsp3) is 0.318. The van der Waals surface area contributed by atoms with Gasteiger partial charge in [0.05, 0.1) is 17.9 Å². The van der Waals surface area contributed by atoms with E-state index in [0.29, 0.717) is 10.7 Å². The first kappa shape index (κ1) is 21.0. The molecule has 0 atom stereocenters. The summed E-state index contributed by atoms with van der Waals surface area (Å²) in [6, 6.07) is 11.7. The molecule has 0 unspecified atom stereocenters. The number of rotatable bonds is 6. The van der Waals surface area contributed by atoms with E-state index in [1.165, 1.54) is 10.7 Å². The molecule has 4 rings (SSSR count). The summed E-state index contributed by atoms with van der Waals surface area (Å²) in [5.41, 5.74) is 2.81. The number of carbonyl (C=O) groups excluding carboxylic acids is 1. The Morgan fingerprint density at radius 3 is 2.55 bits per heavy atom. The summed E-state index contributed by atoms with van der Waals surface area (Å²) in [4.78, 5) is 36.7. The molecule has 0 bridgehead atoms. The molecule has 31 heavy (non-hydrogen) atoms. The predicted octanol–water partition coefficient (Wildman–Crippen LogP) is 1.82. The van der Waals surface area contributed by atoms with Crippen LogP contribution in [0.4, 0.5) is 0 Å². The highest BCUT2D eigenvalue weighted by molar-refractivity contribution is 6.30. The second-order valence-corrected chi connectivity index (χ2v) is 7.89. The molecule has 0 aliphatic heterocycles. The zero-order valence-electron chi connectivity index (χ0n) is 16.9. The standard InChI is InChI=1S/C22H22ClN5O3/c23-17-7-5-15(6-8-17)19-9-10-21(30)28(26-19)14-20(29)24-11-12-27-22(31)13-16-3-1-2-4-18(16)25-27/h5-10,13H,1-4,11-12,14H2,(H,24,29). The van der Waals surface area contributed by atoms with E-state index >= 15 is 0 Å². The van der Waals surface area contributed by atoms with Crippen LogP contribution in [0.15, 0.2) is 52.1 Å². The molecule has 2 aromatic heterocycles. The van der Waals surface area contributed by atoms with Gasteiger partial charge in [0.1, 0.15) is 6.54 Å². The number of aromatic nitrogens is 4. The quantitative estimate of drug-likeness (QED) is 0.631. The second-order valence-electron chi connectivity index (χ2n) is 7.46. The van der Waals surface area contributed by atoms with Gasteiger partial charge in [0, 0.05) is 29.3 Å². The average Bonchev–Trinajstić information content (AvgIpc) is 2.76. The molecular formula is C22H22ClN5O3. The van der Waals surface area contributed by atoms with E-state index in [4.69, 9.17) is 11.6 Å². The molecule has 1 aliphatic carbocycles. The van der Waals surface area contributed by atoms with Crippen molar-refractivity contribution in [3.63, 3.8) is 0 Å². The summed E-state index contributed by atoms with van der Waals surface area (Å²) in [6.07, 6.45) is 3.93. The number of hydrogen-bond acceptors (Lipinski definition) is 5. The van der Waals surface area contributed by atoms with E-state index in [0.717, 1.165) is 47.2 Å². The van der Waals surface area contributed by atoms with Crippen molar-refractivity contribution in [3.8, 4) is 11.3 Å². The molecule has 1 amide bonds. The van der Waals surface area contributed by atoms with Crippen molar-refractivity contribution >= 4 is 17.5 Å². The largest absolute Gasteiger partial charge is 0.353 e. The predicted molar refractivity (Wildman–Crippen MR) is 117 cm³/mol. The lowest BCUT2D eigenvalue weighted by atomic mass is 9.97. The van der Waals surface area contributed by atoms with Gasteiger partial charge < -0.3 is 5.32 Å². The van der Waals surface area contributed by atoms with Gasteiger partial charge in [0.2, 0.25) is 5.91 Å². The lowest BCUT2D eigenvalue weighted by molar-refractivity contribution is -0.121. The van der Waals surface area contributed by atoms with Crippen LogP contribution in [0.5, 0.6) is 0 Å². The number of carbonyl (C=O) groups is 1. The lowest BCUT2D eigenvalue weighted by Crippen LogP contribution is -2.37. The van der Waals surface area contributed by atoms with Gasteiger partial charge in [-0.2, -0.15) is 10.2 Å². The molecule has 2 heterocycles. The minimum absolute atomic E-state index is 0.163. The summed E-state index contributed by atoms with van der Waals surface area (Å²) < 4.78 is 2.50. The van der Waals surface area contributed by atoms with Gasteiger partial charge in [-0.3, -0.25) is 14.4 Å². The van der Waals surface area contributed by atoms with Crippen molar-refractivity contribution in [1.82, 2.24) is 24.9 Å². The van der Waals surface area contributed by atoms with Gasteiger partial charge in [0.15, 0.2) is 0 Å². The topological polar surface area (TPSA) is 98.9 Å². The zero-order chi connectivity index (χ0) is 21.8. The van der Waals surface area contributed by atoms with Gasteiger partial charge >= 0.3 is 0 Å². The number of benzene rings is 1. The fourth-order valence-electron chi connectivity index (χ4n) is 3.59. The van der Waals surface area contributed by atoms with Crippen LogP contribution in [0.2, 0.25) is 5.02 Å². The highest BCUT2D eigenvalue weighted by Gasteiger charge is 2.13. The van der Waals surface area contributed by atoms with Crippen molar-refractivity contribution in [2.75, 3.05) is 6.54 Å². The highest BCUT2D eigenvalue weighted by atomic mass is 35.5. The molecule has 9 heteroatoms. The maximum Gasteiger partial charge on any atom is 0.267 e. The van der Waals surface area contributed by atoms with Crippen molar-refractivity contribution in [3.05, 3.63) is 79.5 Å². The Labute approximate surface area is 183 Å². The number of nitrogens with zero attached hydrogens (tertiary/aromatic N) is 4. The van der Waals surface area contributed by atoms with Gasteiger partial charge in [-0.1, -0.05) is 23.7 Å². The molecule has 1 N–H and O–H groups in total. The van der Waals surface area contributed by atoms with Gasteiger partial charge in [0.25, 0.3) is 11.1 Å². The van der Waals surface area contributed by atoms with E-state index in [9.17, 15) is 14.4 Å². The monoisotopic (exact) mass is 439 g/mol. The molecule has 1 aliphatic rings. The molecular weight excluding hydrogens is 418 g/mol. The molecule has 1 aromatic carbocycles. The molecule has 0 spiro atoms. The van der Waals surface area contributed by atoms with Crippen LogP contribution >= 0.6 is 11.6 Å². The lowest BCUT2D eigenvalue weighted by Gasteiger charge is -2.16. The van der Waals surface area contributed by atoms with E-state index in [1.54, 1.807) is 36.4 Å². The fourth-order valence-corrected chi connectivity index (χ4v) is 3.72. The number of amides is 1. The molecule has 0 fully saturated rings. The Morgan fingerprint density at radius 1 is 0.968 bits per heavy atom. The summed E-state index contributed by atoms with van der Waals surface area (Å²) in [5.74, 6) is -0.367. The number of nitrogens with one attached hydrogen (secondary N) is 1. The minimum atomic E-state index is -0.375. The minimum Gasteiger partial charge on any atom is -0.353 e. The summed E-state index contributed by atoms with van der Waals surface area (Å²) >= 11 is 5.91. The van der Waals surface area contributed by atoms with E-state index in [1.807, 2.05) is 0 Å². The number of fused-ring (bicyclic) bond motifs is 1. The van der Waals surface area contributed by atoms with Crippen LogP contribution in [0, 0.1) is 0 Å². The Hall–Kier alpha value is -3.26. The Morgan fingerprint density at radius 2 is 1.74 bits per heavy atom. The molecule has 8 nitrogen and oxygen atoms in total. The second kappa shape index (κ2) is 9.26. The summed E-state index contributed by atoms with van der Waals surface area (Å²) in [5, 5.41) is 12.0. The first-order valence-corrected chi connectivity index (χ1v) is 10.6. The van der Waals surface area contributed by atoms with E-state index in [2.05, 4.69) is 15.5 Å². The van der Waals surface area contributed by atoms with Crippen LogP contribution in [0.25, 0.3) is 11.3 Å². The maximum absolute atomic E-state index is 12.3. The van der Waals surface area contributed by atoms with Crippen LogP contribution in [0.1, 0.15) is 24.1 Å². The molecule has 0 saturated carbocycles. The van der Waals surface area contributed by atoms with Crippen molar-refractivity contribution < 1.29 is 4.79 Å². The first-order valence-electron chi connectivity index (χ1n) is 10.2. The molecule has 0 saturated heterocycles. The number of hydrogen-bond donors (Lipinski definition) is 1. The Bertz CT molecular complexity index is 1220. The van der Waals surface area contributed by atoms with Crippen molar-refractivity contribution in [1.29, 1.82) is 0 Å². The van der Waals surface area contributed by atoms with Crippen LogP contribution < -0.4 is 16.4 Å². The maximum atomic E-state index is 12.3. The molecule has 160 valence electrons. The van der Waals surface area contributed by atoms with Gasteiger partial charge in [-0.15, -0.1) is 0 Å². The van der Waals surface area contributed by atoms with Crippen LogP contribution in [-0.2, 0) is 30.7 Å². The van der Waals surface area contributed by atoms with Crippen LogP contribution in [-0.4, -0.2) is 32.0 Å². The smallest absolute Gasteiger partial charge is 0.267 e. The summed E-state index contributed by atoms with van der Waals surface area (Å²) in [7, 11) is 0. The summed E-state index contributed by atoms with van der Waals surface area (Å²) in [6.45, 7) is 0.286. The number of aryl methyl sites for hydroxylation is 2. The van der Waals surface area contributed by atoms with Crippen molar-refractivity contribution in [2.24, 2.45) is 0 Å². The van der Waals surface area contributed by atoms with Gasteiger partial charge in [-0.05, 0) is 49.4 Å². The number of halogens is 1. The van der Waals surface area contributed by atoms with Crippen LogP contribution in [0.3, 0.4) is 0 Å². The average molecular weight is 440 g/mol. The first-order chi connectivity index (χ1) is 15.0. The van der Waals surface area contributed by atoms with E-state index < -0.39 is 0 Å². The SMILES string of the molecule is O=C(Cn1nc(-c2ccc(Cl)cc2)ccc1=O)NCCn1nc2c(cc1=O)CCCC2. The third-order valence-electron chi connectivity index (χ3n) is 5.22. The Balaban J connectivity index is 1.38. The molecule has 0 radical (unpaired) electrons. The Kier molecular flexibility index (Phi) is 6.27. The zero-order valence-corrected chi connectivity index (χ0v) is 17.6. The van der Waals surface area contributed by atoms with E-state index in [-0.39, 0.29) is 36.7 Å². The third-order valence-corrected chi connectivity index (χ3v) is 5.47. The molecule has 3 aromatic rings. The highest BCUT2D eigenvalue weighted by Crippen LogP contribution is 2.18. The normalized spacial score (nSPS) is 12.9. The van der Waals surface area contributed by atoms with Crippen molar-refractivity contribution in [2.45, 2.75) is 38.8 Å².